The van der Waals surface area contributed by atoms with E-state index in [2.05, 4.69) is 31.0 Å². The third-order valence-electron chi connectivity index (χ3n) is 4.27. The third-order valence-corrected chi connectivity index (χ3v) is 4.27. The first kappa shape index (κ1) is 12.6. The maximum atomic E-state index is 6.27. The molecule has 1 heterocycles. The minimum Gasteiger partial charge on any atom is -0.327 e. The van der Waals surface area contributed by atoms with Gasteiger partial charge in [-0.15, -0.1) is 0 Å². The molecule has 1 aliphatic carbocycles. The highest BCUT2D eigenvalue weighted by Gasteiger charge is 2.29. The first-order valence-corrected chi connectivity index (χ1v) is 6.81. The lowest BCUT2D eigenvalue weighted by molar-refractivity contribution is 0.189. The summed E-state index contributed by atoms with van der Waals surface area (Å²) < 4.78 is 0. The molecule has 94 valence electrons. The lowest BCUT2D eigenvalue weighted by Crippen LogP contribution is -2.38. The van der Waals surface area contributed by atoms with Crippen molar-refractivity contribution in [2.75, 3.05) is 0 Å². The Morgan fingerprint density at radius 3 is 2.65 bits per heavy atom. The van der Waals surface area contributed by atoms with Gasteiger partial charge in [-0.2, -0.15) is 0 Å². The molecule has 3 unspecified atom stereocenters. The molecule has 0 saturated heterocycles. The average molecular weight is 232 g/mol. The van der Waals surface area contributed by atoms with Gasteiger partial charge in [-0.05, 0) is 61.1 Å². The molecular weight excluding hydrogens is 208 g/mol. The molecule has 17 heavy (non-hydrogen) atoms. The van der Waals surface area contributed by atoms with Crippen LogP contribution in [0.2, 0.25) is 0 Å². The first-order valence-electron chi connectivity index (χ1n) is 6.81. The molecule has 0 radical (unpaired) electrons. The Morgan fingerprint density at radius 2 is 2.00 bits per heavy atom. The van der Waals surface area contributed by atoms with Gasteiger partial charge in [0.15, 0.2) is 0 Å². The molecule has 1 aromatic heterocycles. The van der Waals surface area contributed by atoms with E-state index in [4.69, 9.17) is 5.73 Å². The van der Waals surface area contributed by atoms with Crippen molar-refractivity contribution in [1.82, 2.24) is 4.98 Å². The molecule has 3 atom stereocenters. The van der Waals surface area contributed by atoms with E-state index < -0.39 is 0 Å². The number of aromatic nitrogens is 1. The average Bonchev–Trinajstić information content (AvgIpc) is 2.33. The third kappa shape index (κ3) is 3.29. The van der Waals surface area contributed by atoms with Crippen LogP contribution in [0.3, 0.4) is 0 Å². The van der Waals surface area contributed by atoms with Gasteiger partial charge in [0, 0.05) is 18.4 Å². The molecule has 0 aliphatic heterocycles. The number of pyridine rings is 1. The van der Waals surface area contributed by atoms with E-state index in [1.54, 1.807) is 0 Å². The van der Waals surface area contributed by atoms with Crippen molar-refractivity contribution in [3.63, 3.8) is 0 Å². The van der Waals surface area contributed by atoms with Crippen molar-refractivity contribution in [2.45, 2.75) is 45.6 Å². The zero-order valence-electron chi connectivity index (χ0n) is 11.0. The van der Waals surface area contributed by atoms with Crippen LogP contribution >= 0.6 is 0 Å². The smallest absolute Gasteiger partial charge is 0.0270 e. The topological polar surface area (TPSA) is 38.9 Å². The van der Waals surface area contributed by atoms with Gasteiger partial charge >= 0.3 is 0 Å². The summed E-state index contributed by atoms with van der Waals surface area (Å²) in [5.74, 6) is 2.31. The predicted octanol–water partition coefficient (Wildman–Crippen LogP) is 3.02. The fourth-order valence-corrected chi connectivity index (χ4v) is 2.99. The molecule has 0 amide bonds. The van der Waals surface area contributed by atoms with Crippen LogP contribution in [0.25, 0.3) is 0 Å². The minimum atomic E-state index is 0.387. The van der Waals surface area contributed by atoms with Crippen LogP contribution in [-0.2, 0) is 6.42 Å². The Hall–Kier alpha value is -0.890. The Morgan fingerprint density at radius 1 is 1.29 bits per heavy atom. The summed E-state index contributed by atoms with van der Waals surface area (Å²) >= 11 is 0. The zero-order chi connectivity index (χ0) is 12.3. The standard InChI is InChI=1S/C15H24N2/c1-11(2)13-3-4-15(16)14(10-13)9-12-5-7-17-8-6-12/h5-8,11,13-15H,3-4,9-10,16H2,1-2H3. The number of hydrogen-bond donors (Lipinski definition) is 1. The summed E-state index contributed by atoms with van der Waals surface area (Å²) in [5.41, 5.74) is 7.65. The molecule has 0 aromatic carbocycles. The van der Waals surface area contributed by atoms with E-state index in [9.17, 15) is 0 Å². The number of nitrogens with zero attached hydrogens (tertiary/aromatic N) is 1. The van der Waals surface area contributed by atoms with E-state index in [1.165, 1.54) is 24.8 Å². The van der Waals surface area contributed by atoms with Crippen LogP contribution in [-0.4, -0.2) is 11.0 Å². The Kier molecular flexibility index (Phi) is 4.16. The van der Waals surface area contributed by atoms with Gasteiger partial charge in [0.25, 0.3) is 0 Å². The molecule has 0 spiro atoms. The van der Waals surface area contributed by atoms with E-state index >= 15 is 0 Å². The van der Waals surface area contributed by atoms with Crippen molar-refractivity contribution in [1.29, 1.82) is 0 Å². The second-order valence-electron chi connectivity index (χ2n) is 5.80. The lowest BCUT2D eigenvalue weighted by Gasteiger charge is -2.36. The molecule has 2 rings (SSSR count). The Bertz CT molecular complexity index is 334. The molecule has 1 aromatic rings. The van der Waals surface area contributed by atoms with Crippen molar-refractivity contribution in [3.8, 4) is 0 Å². The van der Waals surface area contributed by atoms with Gasteiger partial charge in [-0.25, -0.2) is 0 Å². The van der Waals surface area contributed by atoms with Crippen molar-refractivity contribution >= 4 is 0 Å². The van der Waals surface area contributed by atoms with Gasteiger partial charge in [-0.1, -0.05) is 13.8 Å². The zero-order valence-corrected chi connectivity index (χ0v) is 11.0. The summed E-state index contributed by atoms with van der Waals surface area (Å²) in [6.45, 7) is 4.68. The van der Waals surface area contributed by atoms with Crippen LogP contribution < -0.4 is 5.73 Å². The van der Waals surface area contributed by atoms with Crippen LogP contribution in [0, 0.1) is 17.8 Å². The van der Waals surface area contributed by atoms with Gasteiger partial charge < -0.3 is 5.73 Å². The summed E-state index contributed by atoms with van der Waals surface area (Å²) in [5, 5.41) is 0. The number of hydrogen-bond acceptors (Lipinski definition) is 2. The first-order chi connectivity index (χ1) is 8.16. The van der Waals surface area contributed by atoms with Gasteiger partial charge in [0.05, 0.1) is 0 Å². The van der Waals surface area contributed by atoms with Gasteiger partial charge in [0.1, 0.15) is 0 Å². The van der Waals surface area contributed by atoms with E-state index in [1.807, 2.05) is 12.4 Å². The molecular formula is C15H24N2. The maximum absolute atomic E-state index is 6.27. The van der Waals surface area contributed by atoms with Crippen molar-refractivity contribution in [3.05, 3.63) is 30.1 Å². The Balaban J connectivity index is 1.99. The highest BCUT2D eigenvalue weighted by atomic mass is 14.7. The SMILES string of the molecule is CC(C)C1CCC(N)C(Cc2ccncc2)C1. The monoisotopic (exact) mass is 232 g/mol. The lowest BCUT2D eigenvalue weighted by atomic mass is 9.72. The quantitative estimate of drug-likeness (QED) is 0.870. The molecule has 2 heteroatoms. The maximum Gasteiger partial charge on any atom is 0.0270 e. The van der Waals surface area contributed by atoms with Crippen molar-refractivity contribution in [2.24, 2.45) is 23.5 Å². The fourth-order valence-electron chi connectivity index (χ4n) is 2.99. The van der Waals surface area contributed by atoms with E-state index in [0.717, 1.165) is 18.3 Å². The normalized spacial score (nSPS) is 29.5. The van der Waals surface area contributed by atoms with Crippen LogP contribution in [0.4, 0.5) is 0 Å². The van der Waals surface area contributed by atoms with Gasteiger partial charge in [-0.3, -0.25) is 4.98 Å². The van der Waals surface area contributed by atoms with Crippen LogP contribution in [0.15, 0.2) is 24.5 Å². The molecule has 1 fully saturated rings. The molecule has 2 N–H and O–H groups in total. The highest BCUT2D eigenvalue weighted by Crippen LogP contribution is 2.34. The van der Waals surface area contributed by atoms with E-state index in [-0.39, 0.29) is 0 Å². The number of nitrogens with two attached hydrogens (primary N) is 1. The largest absolute Gasteiger partial charge is 0.327 e. The summed E-state index contributed by atoms with van der Waals surface area (Å²) in [4.78, 5) is 4.07. The van der Waals surface area contributed by atoms with E-state index in [0.29, 0.717) is 12.0 Å². The second kappa shape index (κ2) is 5.63. The second-order valence-corrected chi connectivity index (χ2v) is 5.80. The molecule has 1 aliphatic rings. The van der Waals surface area contributed by atoms with Crippen LogP contribution in [0.1, 0.15) is 38.7 Å². The van der Waals surface area contributed by atoms with Crippen LogP contribution in [0.5, 0.6) is 0 Å². The number of rotatable bonds is 3. The van der Waals surface area contributed by atoms with Crippen molar-refractivity contribution < 1.29 is 0 Å². The minimum absolute atomic E-state index is 0.387. The fraction of sp³-hybridized carbons (Fsp3) is 0.667. The summed E-state index contributed by atoms with van der Waals surface area (Å²) in [7, 11) is 0. The molecule has 0 bridgehead atoms. The Labute approximate surface area is 105 Å². The molecule has 1 saturated carbocycles. The van der Waals surface area contributed by atoms with Gasteiger partial charge in [0.2, 0.25) is 0 Å². The molecule has 2 nitrogen and oxygen atoms in total. The summed E-state index contributed by atoms with van der Waals surface area (Å²) in [6.07, 6.45) is 8.67. The highest BCUT2D eigenvalue weighted by molar-refractivity contribution is 5.11. The summed E-state index contributed by atoms with van der Waals surface area (Å²) in [6, 6.07) is 4.62. The predicted molar refractivity (Wildman–Crippen MR) is 71.6 cm³/mol.